The van der Waals surface area contributed by atoms with E-state index in [9.17, 15) is 9.90 Å². The van der Waals surface area contributed by atoms with Crippen molar-refractivity contribution < 1.29 is 14.6 Å². The van der Waals surface area contributed by atoms with Gasteiger partial charge in [0.05, 0.1) is 0 Å². The van der Waals surface area contributed by atoms with Gasteiger partial charge in [-0.2, -0.15) is 0 Å². The number of hydrogen-bond acceptors (Lipinski definition) is 4. The van der Waals surface area contributed by atoms with Crippen LogP contribution in [0.15, 0.2) is 24.3 Å². The molecule has 1 atom stereocenters. The molecule has 0 aromatic heterocycles. The molecule has 1 aliphatic rings. The molecule has 4 heteroatoms. The molecule has 0 unspecified atom stereocenters. The minimum atomic E-state index is -0.512. The summed E-state index contributed by atoms with van der Waals surface area (Å²) in [6, 6.07) is 7.65. The largest absolute Gasteiger partial charge is 0.491 e. The molecule has 1 aromatic carbocycles. The summed E-state index contributed by atoms with van der Waals surface area (Å²) in [5.41, 5.74) is 0.702. The lowest BCUT2D eigenvalue weighted by molar-refractivity contribution is 0.0986. The Hall–Kier alpha value is -1.39. The van der Waals surface area contributed by atoms with Crippen molar-refractivity contribution in [3.05, 3.63) is 29.8 Å². The van der Waals surface area contributed by atoms with Crippen molar-refractivity contribution in [2.45, 2.75) is 51.2 Å². The minimum Gasteiger partial charge on any atom is -0.491 e. The molecule has 0 saturated heterocycles. The Balaban J connectivity index is 1.70. The average molecular weight is 291 g/mol. The number of aliphatic hydroxyl groups is 1. The van der Waals surface area contributed by atoms with E-state index in [0.717, 1.165) is 0 Å². The summed E-state index contributed by atoms with van der Waals surface area (Å²) < 4.78 is 5.55. The van der Waals surface area contributed by atoms with Gasteiger partial charge in [-0.1, -0.05) is 19.8 Å². The maximum atomic E-state index is 11.5. The zero-order valence-corrected chi connectivity index (χ0v) is 12.7. The zero-order chi connectivity index (χ0) is 15.1. The lowest BCUT2D eigenvalue weighted by Gasteiger charge is -2.16. The van der Waals surface area contributed by atoms with Gasteiger partial charge in [0.15, 0.2) is 5.78 Å². The fourth-order valence-electron chi connectivity index (χ4n) is 2.63. The van der Waals surface area contributed by atoms with Crippen molar-refractivity contribution in [2.75, 3.05) is 13.2 Å². The molecule has 0 bridgehead atoms. The van der Waals surface area contributed by atoms with Crippen LogP contribution in [0.2, 0.25) is 0 Å². The molecule has 4 nitrogen and oxygen atoms in total. The van der Waals surface area contributed by atoms with Crippen molar-refractivity contribution in [3.63, 3.8) is 0 Å². The maximum absolute atomic E-state index is 11.5. The Morgan fingerprint density at radius 1 is 1.33 bits per heavy atom. The van der Waals surface area contributed by atoms with Crippen molar-refractivity contribution in [2.24, 2.45) is 0 Å². The summed E-state index contributed by atoms with van der Waals surface area (Å²) in [7, 11) is 0. The predicted molar refractivity (Wildman–Crippen MR) is 82.8 cm³/mol. The molecule has 0 amide bonds. The molecule has 2 rings (SSSR count). The number of benzene rings is 1. The predicted octanol–water partition coefficient (Wildman–Crippen LogP) is 2.55. The first kappa shape index (κ1) is 16.0. The van der Waals surface area contributed by atoms with E-state index in [4.69, 9.17) is 4.74 Å². The SMILES string of the molecule is CCC(=O)c1ccc(OC[C@H](O)CNC2CCCC2)cc1. The molecule has 116 valence electrons. The van der Waals surface area contributed by atoms with Crippen LogP contribution in [-0.2, 0) is 0 Å². The van der Waals surface area contributed by atoms with Gasteiger partial charge in [-0.05, 0) is 37.1 Å². The Labute approximate surface area is 126 Å². The number of rotatable bonds is 8. The van der Waals surface area contributed by atoms with E-state index in [1.807, 2.05) is 6.92 Å². The van der Waals surface area contributed by atoms with E-state index in [1.165, 1.54) is 25.7 Å². The van der Waals surface area contributed by atoms with Crippen molar-refractivity contribution >= 4 is 5.78 Å². The number of hydrogen-bond donors (Lipinski definition) is 2. The summed E-state index contributed by atoms with van der Waals surface area (Å²) in [6.45, 7) is 2.68. The van der Waals surface area contributed by atoms with Crippen LogP contribution >= 0.6 is 0 Å². The van der Waals surface area contributed by atoms with E-state index in [-0.39, 0.29) is 12.4 Å². The molecule has 0 radical (unpaired) electrons. The second kappa shape index (κ2) is 8.15. The standard InChI is InChI=1S/C17H25NO3/c1-2-17(20)13-7-9-16(10-8-13)21-12-15(19)11-18-14-5-3-4-6-14/h7-10,14-15,18-19H,2-6,11-12H2,1H3/t15-/m1/s1. The fraction of sp³-hybridized carbons (Fsp3) is 0.588. The summed E-state index contributed by atoms with van der Waals surface area (Å²) in [5, 5.41) is 13.3. The quantitative estimate of drug-likeness (QED) is 0.723. The van der Waals surface area contributed by atoms with E-state index in [0.29, 0.717) is 30.3 Å². The van der Waals surface area contributed by atoms with Crippen molar-refractivity contribution in [1.82, 2.24) is 5.32 Å². The molecule has 2 N–H and O–H groups in total. The van der Waals surface area contributed by atoms with Crippen LogP contribution in [-0.4, -0.2) is 36.2 Å². The molecule has 0 spiro atoms. The Kier molecular flexibility index (Phi) is 6.21. The third kappa shape index (κ3) is 5.14. The van der Waals surface area contributed by atoms with Gasteiger partial charge in [-0.25, -0.2) is 0 Å². The zero-order valence-electron chi connectivity index (χ0n) is 12.7. The molecule has 21 heavy (non-hydrogen) atoms. The monoisotopic (exact) mass is 291 g/mol. The third-order valence-electron chi connectivity index (χ3n) is 3.94. The van der Waals surface area contributed by atoms with Crippen LogP contribution in [0.4, 0.5) is 0 Å². The van der Waals surface area contributed by atoms with Crippen LogP contribution in [0, 0.1) is 0 Å². The first-order valence-corrected chi connectivity index (χ1v) is 7.86. The second-order valence-electron chi connectivity index (χ2n) is 5.66. The molecular weight excluding hydrogens is 266 g/mol. The molecule has 1 saturated carbocycles. The van der Waals surface area contributed by atoms with Gasteiger partial charge >= 0.3 is 0 Å². The normalized spacial score (nSPS) is 16.9. The lowest BCUT2D eigenvalue weighted by Crippen LogP contribution is -2.36. The highest BCUT2D eigenvalue weighted by molar-refractivity contribution is 5.95. The first-order chi connectivity index (χ1) is 10.2. The lowest BCUT2D eigenvalue weighted by atomic mass is 10.1. The van der Waals surface area contributed by atoms with Gasteiger partial charge in [-0.3, -0.25) is 4.79 Å². The number of ketones is 1. The van der Waals surface area contributed by atoms with Gasteiger partial charge in [0.2, 0.25) is 0 Å². The average Bonchev–Trinajstić information content (AvgIpc) is 3.04. The molecule has 0 heterocycles. The van der Waals surface area contributed by atoms with E-state index < -0.39 is 6.10 Å². The molecule has 1 fully saturated rings. The summed E-state index contributed by atoms with van der Waals surface area (Å²) in [4.78, 5) is 11.5. The van der Waals surface area contributed by atoms with Crippen molar-refractivity contribution in [1.29, 1.82) is 0 Å². The molecule has 1 aromatic rings. The highest BCUT2D eigenvalue weighted by atomic mass is 16.5. The van der Waals surface area contributed by atoms with Crippen LogP contribution < -0.4 is 10.1 Å². The topological polar surface area (TPSA) is 58.6 Å². The Morgan fingerprint density at radius 3 is 2.62 bits per heavy atom. The first-order valence-electron chi connectivity index (χ1n) is 7.86. The fourth-order valence-corrected chi connectivity index (χ4v) is 2.63. The number of ether oxygens (including phenoxy) is 1. The summed E-state index contributed by atoms with van der Waals surface area (Å²) in [6.07, 6.45) is 4.98. The smallest absolute Gasteiger partial charge is 0.162 e. The van der Waals surface area contributed by atoms with Gasteiger partial charge < -0.3 is 15.2 Å². The van der Waals surface area contributed by atoms with E-state index in [2.05, 4.69) is 5.32 Å². The maximum Gasteiger partial charge on any atom is 0.162 e. The molecule has 1 aliphatic carbocycles. The minimum absolute atomic E-state index is 0.127. The third-order valence-corrected chi connectivity index (χ3v) is 3.94. The number of carbonyl (C=O) groups is 1. The highest BCUT2D eigenvalue weighted by Gasteiger charge is 2.15. The van der Waals surface area contributed by atoms with Gasteiger partial charge in [0.25, 0.3) is 0 Å². The van der Waals surface area contributed by atoms with Crippen LogP contribution in [0.3, 0.4) is 0 Å². The molecule has 0 aliphatic heterocycles. The summed E-state index contributed by atoms with van der Waals surface area (Å²) in [5.74, 6) is 0.810. The van der Waals surface area contributed by atoms with Gasteiger partial charge in [0, 0.05) is 24.6 Å². The van der Waals surface area contributed by atoms with Crippen LogP contribution in [0.5, 0.6) is 5.75 Å². The number of carbonyl (C=O) groups excluding carboxylic acids is 1. The van der Waals surface area contributed by atoms with Gasteiger partial charge in [0.1, 0.15) is 18.5 Å². The highest BCUT2D eigenvalue weighted by Crippen LogP contribution is 2.17. The number of Topliss-reactive ketones (excluding diaryl/α,β-unsaturated/α-hetero) is 1. The van der Waals surface area contributed by atoms with Crippen LogP contribution in [0.1, 0.15) is 49.4 Å². The van der Waals surface area contributed by atoms with E-state index in [1.54, 1.807) is 24.3 Å². The number of aliphatic hydroxyl groups excluding tert-OH is 1. The summed E-state index contributed by atoms with van der Waals surface area (Å²) >= 11 is 0. The van der Waals surface area contributed by atoms with Crippen molar-refractivity contribution in [3.8, 4) is 5.75 Å². The molecular formula is C17H25NO3. The number of nitrogens with one attached hydrogen (secondary N) is 1. The second-order valence-corrected chi connectivity index (χ2v) is 5.66. The van der Waals surface area contributed by atoms with Gasteiger partial charge in [-0.15, -0.1) is 0 Å². The Morgan fingerprint density at radius 2 is 2.00 bits per heavy atom. The van der Waals surface area contributed by atoms with Crippen LogP contribution in [0.25, 0.3) is 0 Å². The van der Waals surface area contributed by atoms with E-state index >= 15 is 0 Å². The Bertz CT molecular complexity index is 438.